The lowest BCUT2D eigenvalue weighted by Gasteiger charge is -2.23. The molecular weight excluding hydrogens is 320 g/mol. The van der Waals surface area contributed by atoms with Gasteiger partial charge in [-0.3, -0.25) is 0 Å². The van der Waals surface area contributed by atoms with Gasteiger partial charge in [0.05, 0.1) is 6.61 Å². The molecule has 0 amide bonds. The van der Waals surface area contributed by atoms with Crippen LogP contribution in [0.1, 0.15) is 72.6 Å². The van der Waals surface area contributed by atoms with Crippen LogP contribution >= 0.6 is 0 Å². The summed E-state index contributed by atoms with van der Waals surface area (Å²) in [5.41, 5.74) is 0. The van der Waals surface area contributed by atoms with Crippen LogP contribution in [0.4, 0.5) is 0 Å². The van der Waals surface area contributed by atoms with Crippen molar-refractivity contribution < 1.29 is 9.47 Å². The molecule has 5 unspecified atom stereocenters. The number of epoxide rings is 1. The van der Waals surface area contributed by atoms with E-state index in [9.17, 15) is 0 Å². The minimum Gasteiger partial charge on any atom is -0.491 e. The number of rotatable bonds is 3. The van der Waals surface area contributed by atoms with E-state index in [0.29, 0.717) is 12.7 Å². The molecule has 4 fully saturated rings. The third-order valence-electron chi connectivity index (χ3n) is 5.93. The largest absolute Gasteiger partial charge is 0.491 e. The average molecular weight is 361 g/mol. The number of ether oxygens (including phenoxy) is 2. The minimum atomic E-state index is 0.343. The number of hydrogen-bond donors (Lipinski definition) is 0. The predicted octanol–water partition coefficient (Wildman–Crippen LogP) is 6.74. The van der Waals surface area contributed by atoms with Crippen LogP contribution in [0, 0.1) is 23.7 Å². The summed E-state index contributed by atoms with van der Waals surface area (Å²) in [6.45, 7) is 9.79. The van der Waals surface area contributed by atoms with Crippen molar-refractivity contribution in [1.82, 2.24) is 0 Å². The summed E-state index contributed by atoms with van der Waals surface area (Å²) in [5, 5.41) is 0. The Kier molecular flexibility index (Phi) is 9.53. The third-order valence-corrected chi connectivity index (χ3v) is 5.93. The minimum absolute atomic E-state index is 0.343. The Hall–Kier alpha value is -1.02. The molecule has 148 valence electrons. The summed E-state index contributed by atoms with van der Waals surface area (Å²) >= 11 is 0. The van der Waals surface area contributed by atoms with E-state index in [2.05, 4.69) is 13.8 Å². The lowest BCUT2D eigenvalue weighted by Crippen LogP contribution is -2.15. The van der Waals surface area contributed by atoms with Crippen LogP contribution in [0.3, 0.4) is 0 Å². The standard InChI is InChI=1S/C10H16.C9H10O2.C3H8.C2H6/c1-2-9-7-4-5-8(6-7)10(9)3-1;1-2-4-8(5-3-1)10-6-9-7-11-9;1-3-2;1-2/h7-10H,1-6H2;1-5,9H,6-7H2;3H2,1-2H3;1-2H3. The van der Waals surface area contributed by atoms with Gasteiger partial charge in [0.1, 0.15) is 18.5 Å². The second-order valence-corrected chi connectivity index (χ2v) is 7.88. The lowest BCUT2D eigenvalue weighted by molar-refractivity contribution is 0.259. The summed E-state index contributed by atoms with van der Waals surface area (Å²) in [4.78, 5) is 0. The zero-order chi connectivity index (χ0) is 18.8. The first-order valence-electron chi connectivity index (χ1n) is 11.1. The molecule has 1 aromatic carbocycles. The van der Waals surface area contributed by atoms with Crippen LogP contribution in [0.2, 0.25) is 0 Å². The topological polar surface area (TPSA) is 21.8 Å². The van der Waals surface area contributed by atoms with Crippen LogP contribution in [0.25, 0.3) is 0 Å². The Morgan fingerprint density at radius 2 is 1.46 bits per heavy atom. The quantitative estimate of drug-likeness (QED) is 0.557. The molecule has 4 aliphatic rings. The first-order valence-corrected chi connectivity index (χ1v) is 11.1. The molecule has 0 aromatic heterocycles. The van der Waals surface area contributed by atoms with Crippen LogP contribution in [0.5, 0.6) is 5.75 Å². The maximum Gasteiger partial charge on any atom is 0.119 e. The van der Waals surface area contributed by atoms with Crippen molar-refractivity contribution in [1.29, 1.82) is 0 Å². The highest BCUT2D eigenvalue weighted by molar-refractivity contribution is 5.20. The molecule has 5 rings (SSSR count). The summed E-state index contributed by atoms with van der Waals surface area (Å²) in [6, 6.07) is 9.79. The monoisotopic (exact) mass is 360 g/mol. The Bertz CT molecular complexity index is 452. The number of para-hydroxylation sites is 1. The molecule has 1 saturated heterocycles. The fraction of sp³-hybridized carbons (Fsp3) is 0.750. The Morgan fingerprint density at radius 1 is 0.923 bits per heavy atom. The van der Waals surface area contributed by atoms with E-state index in [4.69, 9.17) is 9.47 Å². The number of fused-ring (bicyclic) bond motifs is 5. The molecular formula is C24H40O2. The molecule has 5 atom stereocenters. The van der Waals surface area contributed by atoms with E-state index in [1.165, 1.54) is 30.1 Å². The van der Waals surface area contributed by atoms with Gasteiger partial charge in [-0.15, -0.1) is 0 Å². The summed E-state index contributed by atoms with van der Waals surface area (Å²) in [6.07, 6.45) is 11.1. The van der Waals surface area contributed by atoms with E-state index in [-0.39, 0.29) is 0 Å². The Morgan fingerprint density at radius 3 is 1.96 bits per heavy atom. The van der Waals surface area contributed by atoms with Crippen molar-refractivity contribution in [2.75, 3.05) is 13.2 Å². The summed E-state index contributed by atoms with van der Waals surface area (Å²) in [5.74, 6) is 5.72. The van der Waals surface area contributed by atoms with Gasteiger partial charge >= 0.3 is 0 Å². The van der Waals surface area contributed by atoms with Gasteiger partial charge in [0.15, 0.2) is 0 Å². The van der Waals surface area contributed by atoms with Gasteiger partial charge in [0.2, 0.25) is 0 Å². The molecule has 1 aliphatic heterocycles. The summed E-state index contributed by atoms with van der Waals surface area (Å²) < 4.78 is 10.4. The molecule has 26 heavy (non-hydrogen) atoms. The third kappa shape index (κ3) is 6.30. The van der Waals surface area contributed by atoms with Crippen molar-refractivity contribution in [3.8, 4) is 5.75 Å². The van der Waals surface area contributed by atoms with Crippen molar-refractivity contribution in [3.63, 3.8) is 0 Å². The normalized spacial score (nSPS) is 32.1. The molecule has 3 aliphatic carbocycles. The Balaban J connectivity index is 0.000000151. The molecule has 2 bridgehead atoms. The van der Waals surface area contributed by atoms with E-state index in [1.807, 2.05) is 44.2 Å². The van der Waals surface area contributed by atoms with Crippen molar-refractivity contribution >= 4 is 0 Å². The molecule has 1 aromatic rings. The van der Waals surface area contributed by atoms with Crippen LogP contribution < -0.4 is 4.74 Å². The van der Waals surface area contributed by atoms with Crippen LogP contribution in [0.15, 0.2) is 30.3 Å². The second-order valence-electron chi connectivity index (χ2n) is 7.88. The van der Waals surface area contributed by atoms with Crippen LogP contribution in [-0.4, -0.2) is 19.3 Å². The zero-order valence-corrected chi connectivity index (χ0v) is 17.5. The van der Waals surface area contributed by atoms with Crippen molar-refractivity contribution in [2.45, 2.75) is 78.7 Å². The Labute approximate surface area is 161 Å². The molecule has 0 radical (unpaired) electrons. The molecule has 3 saturated carbocycles. The van der Waals surface area contributed by atoms with E-state index in [0.717, 1.165) is 12.4 Å². The fourth-order valence-electron chi connectivity index (χ4n) is 4.89. The first-order chi connectivity index (χ1) is 12.8. The van der Waals surface area contributed by atoms with E-state index < -0.39 is 0 Å². The van der Waals surface area contributed by atoms with Crippen molar-refractivity contribution in [3.05, 3.63) is 30.3 Å². The van der Waals surface area contributed by atoms with Gasteiger partial charge in [-0.05, 0) is 67.9 Å². The number of benzene rings is 1. The second kappa shape index (κ2) is 11.6. The molecule has 2 heteroatoms. The SMILES string of the molecule is C1CC2C3CCC(C3)C2C1.CC.CCC.c1ccc(OCC2CO2)cc1. The molecule has 0 spiro atoms. The van der Waals surface area contributed by atoms with Gasteiger partial charge in [-0.1, -0.05) is 58.7 Å². The average Bonchev–Trinajstić information content (AvgIpc) is 3.08. The molecule has 2 nitrogen and oxygen atoms in total. The highest BCUT2D eigenvalue weighted by Gasteiger charge is 2.48. The molecule has 1 heterocycles. The first kappa shape index (κ1) is 21.3. The maximum atomic E-state index is 5.40. The van der Waals surface area contributed by atoms with Gasteiger partial charge < -0.3 is 9.47 Å². The highest BCUT2D eigenvalue weighted by atomic mass is 16.6. The highest BCUT2D eigenvalue weighted by Crippen LogP contribution is 2.58. The lowest BCUT2D eigenvalue weighted by atomic mass is 9.82. The van der Waals surface area contributed by atoms with Gasteiger partial charge in [-0.2, -0.15) is 0 Å². The van der Waals surface area contributed by atoms with Crippen molar-refractivity contribution in [2.24, 2.45) is 23.7 Å². The fourth-order valence-corrected chi connectivity index (χ4v) is 4.89. The smallest absolute Gasteiger partial charge is 0.119 e. The molecule has 0 N–H and O–H groups in total. The van der Waals surface area contributed by atoms with Crippen LogP contribution in [-0.2, 0) is 4.74 Å². The summed E-state index contributed by atoms with van der Waals surface area (Å²) in [7, 11) is 0. The number of hydrogen-bond acceptors (Lipinski definition) is 2. The van der Waals surface area contributed by atoms with Gasteiger partial charge in [0.25, 0.3) is 0 Å². The van der Waals surface area contributed by atoms with E-state index >= 15 is 0 Å². The zero-order valence-electron chi connectivity index (χ0n) is 17.5. The predicted molar refractivity (Wildman–Crippen MR) is 111 cm³/mol. The van der Waals surface area contributed by atoms with Gasteiger partial charge in [0, 0.05) is 0 Å². The van der Waals surface area contributed by atoms with E-state index in [1.54, 1.807) is 38.5 Å². The van der Waals surface area contributed by atoms with Gasteiger partial charge in [-0.25, -0.2) is 0 Å². The maximum absolute atomic E-state index is 5.40.